The third kappa shape index (κ3) is 3.29. The van der Waals surface area contributed by atoms with Crippen molar-refractivity contribution in [3.63, 3.8) is 0 Å². The predicted molar refractivity (Wildman–Crippen MR) is 111 cm³/mol. The van der Waals surface area contributed by atoms with E-state index >= 15 is 4.39 Å². The third-order valence-electron chi connectivity index (χ3n) is 6.32. The Morgan fingerprint density at radius 1 is 1.14 bits per heavy atom. The van der Waals surface area contributed by atoms with E-state index in [-0.39, 0.29) is 17.8 Å². The number of hydrogen-bond acceptors (Lipinski definition) is 6. The van der Waals surface area contributed by atoms with Gasteiger partial charge in [-0.05, 0) is 42.8 Å². The topological polar surface area (TPSA) is 74.2 Å². The summed E-state index contributed by atoms with van der Waals surface area (Å²) >= 11 is 0. The first kappa shape index (κ1) is 18.2. The van der Waals surface area contributed by atoms with E-state index in [0.29, 0.717) is 23.1 Å². The summed E-state index contributed by atoms with van der Waals surface area (Å²) in [4.78, 5) is 15.0. The monoisotopic (exact) mass is 393 g/mol. The SMILES string of the molecule is CN(c1cnc(-c2cc3ccncc3cc2O)cn1)[C@@H]1CC2CCCC(N2)[C@H]1F. The molecule has 3 aromatic rings. The van der Waals surface area contributed by atoms with Gasteiger partial charge in [-0.1, -0.05) is 6.42 Å². The molecule has 0 aliphatic carbocycles. The molecular formula is C22H24FN5O. The summed E-state index contributed by atoms with van der Waals surface area (Å²) in [5, 5.41) is 15.7. The average Bonchev–Trinajstić information content (AvgIpc) is 2.76. The van der Waals surface area contributed by atoms with Gasteiger partial charge < -0.3 is 15.3 Å². The number of aromatic hydroxyl groups is 1. The summed E-state index contributed by atoms with van der Waals surface area (Å²) in [5.41, 5.74) is 1.20. The highest BCUT2D eigenvalue weighted by molar-refractivity contribution is 5.89. The fraction of sp³-hybridized carbons (Fsp3) is 0.409. The molecule has 2 bridgehead atoms. The first-order chi connectivity index (χ1) is 14.1. The number of phenolic OH excluding ortho intramolecular Hbond substituents is 1. The van der Waals surface area contributed by atoms with E-state index in [2.05, 4.69) is 20.3 Å². The van der Waals surface area contributed by atoms with Crippen molar-refractivity contribution in [2.24, 2.45) is 0 Å². The Bertz CT molecular complexity index is 1030. The van der Waals surface area contributed by atoms with Gasteiger partial charge in [0.15, 0.2) is 0 Å². The Balaban J connectivity index is 1.41. The molecule has 6 nitrogen and oxygen atoms in total. The highest BCUT2D eigenvalue weighted by atomic mass is 19.1. The van der Waals surface area contributed by atoms with Crippen LogP contribution in [0, 0.1) is 0 Å². The van der Waals surface area contributed by atoms with Gasteiger partial charge in [-0.15, -0.1) is 0 Å². The average molecular weight is 393 g/mol. The second-order valence-electron chi connectivity index (χ2n) is 8.11. The number of hydrogen-bond donors (Lipinski definition) is 2. The predicted octanol–water partition coefficient (Wildman–Crippen LogP) is 3.45. The molecule has 2 aromatic heterocycles. The minimum Gasteiger partial charge on any atom is -0.507 e. The number of pyridine rings is 1. The van der Waals surface area contributed by atoms with Crippen LogP contribution in [0.4, 0.5) is 10.2 Å². The van der Waals surface area contributed by atoms with Crippen molar-refractivity contribution in [2.75, 3.05) is 11.9 Å². The van der Waals surface area contributed by atoms with Crippen molar-refractivity contribution < 1.29 is 9.50 Å². The van der Waals surface area contributed by atoms with Crippen LogP contribution >= 0.6 is 0 Å². The summed E-state index contributed by atoms with van der Waals surface area (Å²) in [6.45, 7) is 0. The van der Waals surface area contributed by atoms with E-state index in [0.717, 1.165) is 36.5 Å². The lowest BCUT2D eigenvalue weighted by molar-refractivity contribution is 0.107. The standard InChI is InChI=1S/C22H24FN5O/c1-28(19-9-15-3-2-4-17(27-15)22(19)23)21-12-25-18(11-26-21)16-7-13-5-6-24-10-14(13)8-20(16)29/h5-8,10-12,15,17,19,22,27,29H,2-4,9H2,1H3/t15?,17?,19-,22-/m1/s1. The molecule has 0 radical (unpaired) electrons. The molecule has 0 amide bonds. The summed E-state index contributed by atoms with van der Waals surface area (Å²) in [7, 11) is 1.89. The van der Waals surface area contributed by atoms with E-state index in [1.165, 1.54) is 0 Å². The zero-order valence-electron chi connectivity index (χ0n) is 16.3. The molecule has 1 aromatic carbocycles. The van der Waals surface area contributed by atoms with Crippen molar-refractivity contribution >= 4 is 16.6 Å². The summed E-state index contributed by atoms with van der Waals surface area (Å²) in [6, 6.07) is 5.57. The Labute approximate surface area is 168 Å². The second-order valence-corrected chi connectivity index (χ2v) is 8.11. The van der Waals surface area contributed by atoms with E-state index in [4.69, 9.17) is 0 Å². The third-order valence-corrected chi connectivity index (χ3v) is 6.32. The van der Waals surface area contributed by atoms with Gasteiger partial charge in [-0.3, -0.25) is 9.97 Å². The van der Waals surface area contributed by atoms with Crippen LogP contribution in [0.2, 0.25) is 0 Å². The summed E-state index contributed by atoms with van der Waals surface area (Å²) in [5.74, 6) is 0.779. The zero-order chi connectivity index (χ0) is 20.0. The van der Waals surface area contributed by atoms with E-state index < -0.39 is 6.17 Å². The number of anilines is 1. The van der Waals surface area contributed by atoms with Gasteiger partial charge in [-0.25, -0.2) is 9.37 Å². The Morgan fingerprint density at radius 2 is 2.03 bits per heavy atom. The molecule has 4 atom stereocenters. The maximum atomic E-state index is 15.0. The highest BCUT2D eigenvalue weighted by Crippen LogP contribution is 2.34. The summed E-state index contributed by atoms with van der Waals surface area (Å²) in [6.07, 6.45) is 9.68. The molecule has 0 spiro atoms. The molecule has 2 saturated heterocycles. The van der Waals surface area contributed by atoms with Crippen molar-refractivity contribution in [1.29, 1.82) is 0 Å². The lowest BCUT2D eigenvalue weighted by Crippen LogP contribution is -2.61. The molecule has 2 aliphatic heterocycles. The van der Waals surface area contributed by atoms with Crippen LogP contribution in [0.1, 0.15) is 25.7 Å². The first-order valence-electron chi connectivity index (χ1n) is 10.1. The van der Waals surface area contributed by atoms with E-state index in [1.807, 2.05) is 24.1 Å². The number of nitrogens with zero attached hydrogens (tertiary/aromatic N) is 4. The van der Waals surface area contributed by atoms with Crippen molar-refractivity contribution in [3.8, 4) is 17.0 Å². The van der Waals surface area contributed by atoms with E-state index in [9.17, 15) is 5.11 Å². The van der Waals surface area contributed by atoms with Gasteiger partial charge in [0.2, 0.25) is 0 Å². The highest BCUT2D eigenvalue weighted by Gasteiger charge is 2.41. The number of nitrogens with one attached hydrogen (secondary N) is 1. The number of benzene rings is 1. The Kier molecular flexibility index (Phi) is 4.54. The van der Waals surface area contributed by atoms with Gasteiger partial charge in [0.1, 0.15) is 17.7 Å². The Morgan fingerprint density at radius 3 is 2.86 bits per heavy atom. The fourth-order valence-corrected chi connectivity index (χ4v) is 4.69. The number of aromatic nitrogens is 3. The van der Waals surface area contributed by atoms with Gasteiger partial charge in [0.05, 0.1) is 24.1 Å². The smallest absolute Gasteiger partial charge is 0.147 e. The second kappa shape index (κ2) is 7.22. The Hall–Kier alpha value is -2.80. The lowest BCUT2D eigenvalue weighted by Gasteiger charge is -2.46. The number of phenols is 1. The molecule has 150 valence electrons. The first-order valence-corrected chi connectivity index (χ1v) is 10.1. The molecule has 2 N–H and O–H groups in total. The number of piperidine rings is 2. The van der Waals surface area contributed by atoms with Crippen molar-refractivity contribution in [1.82, 2.24) is 20.3 Å². The van der Waals surface area contributed by atoms with Gasteiger partial charge in [0, 0.05) is 42.5 Å². The minimum atomic E-state index is -0.920. The van der Waals surface area contributed by atoms with Gasteiger partial charge >= 0.3 is 0 Å². The lowest BCUT2D eigenvalue weighted by atomic mass is 9.82. The van der Waals surface area contributed by atoms with Crippen LogP contribution < -0.4 is 10.2 Å². The number of halogens is 1. The van der Waals surface area contributed by atoms with Crippen LogP contribution in [0.15, 0.2) is 43.0 Å². The fourth-order valence-electron chi connectivity index (χ4n) is 4.69. The zero-order valence-corrected chi connectivity index (χ0v) is 16.3. The molecule has 2 fully saturated rings. The molecule has 0 saturated carbocycles. The van der Waals surface area contributed by atoms with Crippen molar-refractivity contribution in [3.05, 3.63) is 43.0 Å². The molecule has 7 heteroatoms. The number of alkyl halides is 1. The van der Waals surface area contributed by atoms with Gasteiger partial charge in [0.25, 0.3) is 0 Å². The quantitative estimate of drug-likeness (QED) is 0.710. The summed E-state index contributed by atoms with van der Waals surface area (Å²) < 4.78 is 15.0. The number of rotatable bonds is 3. The van der Waals surface area contributed by atoms with Crippen LogP contribution in [0.25, 0.3) is 22.0 Å². The molecule has 2 aliphatic rings. The minimum absolute atomic E-state index is 0.0637. The van der Waals surface area contributed by atoms with Crippen LogP contribution in [-0.4, -0.2) is 51.4 Å². The van der Waals surface area contributed by atoms with Crippen LogP contribution in [0.3, 0.4) is 0 Å². The maximum absolute atomic E-state index is 15.0. The molecule has 29 heavy (non-hydrogen) atoms. The van der Waals surface area contributed by atoms with E-state index in [1.54, 1.807) is 30.9 Å². The largest absolute Gasteiger partial charge is 0.507 e. The molecule has 5 rings (SSSR count). The molecular weight excluding hydrogens is 369 g/mol. The number of fused-ring (bicyclic) bond motifs is 3. The van der Waals surface area contributed by atoms with Crippen molar-refractivity contribution in [2.45, 2.75) is 50.0 Å². The van der Waals surface area contributed by atoms with Gasteiger partial charge in [-0.2, -0.15) is 0 Å². The van der Waals surface area contributed by atoms with Crippen LogP contribution in [-0.2, 0) is 0 Å². The molecule has 4 heterocycles. The van der Waals surface area contributed by atoms with Crippen LogP contribution in [0.5, 0.6) is 5.75 Å². The molecule has 2 unspecified atom stereocenters. The maximum Gasteiger partial charge on any atom is 0.147 e. The normalized spacial score (nSPS) is 26.4.